The molecule has 0 atom stereocenters. The molecule has 0 bridgehead atoms. The molecule has 0 saturated heterocycles. The summed E-state index contributed by atoms with van der Waals surface area (Å²) in [5.74, 6) is 0. The fourth-order valence-corrected chi connectivity index (χ4v) is 4.40. The summed E-state index contributed by atoms with van der Waals surface area (Å²) >= 11 is 10.7. The van der Waals surface area contributed by atoms with Gasteiger partial charge in [-0.1, -0.05) is 94.0 Å². The number of pyridine rings is 2. The Balaban J connectivity index is 0.000000184. The van der Waals surface area contributed by atoms with Crippen molar-refractivity contribution >= 4 is 68.5 Å². The van der Waals surface area contributed by atoms with Crippen molar-refractivity contribution in [1.29, 1.82) is 0 Å². The van der Waals surface area contributed by atoms with Crippen molar-refractivity contribution in [3.05, 3.63) is 144 Å². The fraction of sp³-hybridized carbons (Fsp3) is 0.0588. The zero-order valence-corrected chi connectivity index (χ0v) is 27.5. The number of hydrogen-bond donors (Lipinski definition) is 0. The Morgan fingerprint density at radius 2 is 0.854 bits per heavy atom. The van der Waals surface area contributed by atoms with Crippen molar-refractivity contribution < 1.29 is 19.5 Å². The van der Waals surface area contributed by atoms with E-state index in [0.29, 0.717) is 10.1 Å². The first-order valence-corrected chi connectivity index (χ1v) is 13.6. The van der Waals surface area contributed by atoms with Crippen LogP contribution in [0, 0.1) is 13.8 Å². The molecule has 0 N–H and O–H groups in total. The third kappa shape index (κ3) is 8.08. The Hall–Kier alpha value is -3.90. The molecule has 198 valence electrons. The second kappa shape index (κ2) is 14.1. The van der Waals surface area contributed by atoms with E-state index in [9.17, 15) is 0 Å². The number of rotatable bonds is 4. The molecule has 6 rings (SSSR count). The summed E-state index contributed by atoms with van der Waals surface area (Å²) in [6, 6.07) is 39.8. The number of nitrogens with zero attached hydrogens (tertiary/aromatic N) is 4. The third-order valence-corrected chi connectivity index (χ3v) is 6.77. The zero-order valence-electron chi connectivity index (χ0n) is 22.9. The average Bonchev–Trinajstić information content (AvgIpc) is 2.99. The van der Waals surface area contributed by atoms with Crippen LogP contribution in [0.4, 0.5) is 11.4 Å². The zero-order chi connectivity index (χ0) is 27.9. The van der Waals surface area contributed by atoms with Crippen LogP contribution in [-0.4, -0.2) is 20.1 Å². The molecule has 0 amide bonds. The molecule has 2 aromatic heterocycles. The van der Waals surface area contributed by atoms with Crippen LogP contribution in [-0.2, 0) is 44.7 Å². The fourth-order valence-electron chi connectivity index (χ4n) is 3.96. The van der Waals surface area contributed by atoms with Crippen LogP contribution in [0.5, 0.6) is 0 Å². The van der Waals surface area contributed by atoms with Gasteiger partial charge in [-0.3, -0.25) is 9.98 Å². The van der Waals surface area contributed by atoms with E-state index in [1.165, 1.54) is 11.1 Å². The minimum absolute atomic E-state index is 0. The van der Waals surface area contributed by atoms with Gasteiger partial charge < -0.3 is 25.3 Å². The summed E-state index contributed by atoms with van der Waals surface area (Å²) in [6.07, 6.45) is 0. The summed E-state index contributed by atoms with van der Waals surface area (Å²) in [5, 5.41) is 3.24. The molecule has 0 unspecified atom stereocenters. The van der Waals surface area contributed by atoms with E-state index in [1.807, 2.05) is 135 Å². The van der Waals surface area contributed by atoms with Crippen LogP contribution >= 0.6 is 0 Å². The monoisotopic (exact) mass is 618 g/mol. The number of aromatic nitrogens is 2. The molecule has 4 nitrogen and oxygen atoms in total. The molecule has 4 aromatic carbocycles. The molecular formula is C34H26N4S2Zn-2. The van der Waals surface area contributed by atoms with Crippen LogP contribution < -0.4 is 0 Å². The van der Waals surface area contributed by atoms with Crippen LogP contribution in [0.2, 0.25) is 0 Å². The predicted octanol–water partition coefficient (Wildman–Crippen LogP) is 8.33. The molecule has 0 aliphatic rings. The Labute approximate surface area is 264 Å². The number of hydrogen-bond acceptors (Lipinski definition) is 6. The maximum absolute atomic E-state index is 5.37. The first kappa shape index (κ1) is 30.1. The Kier molecular flexibility index (Phi) is 10.4. The largest absolute Gasteiger partial charge is 0.758 e. The summed E-state index contributed by atoms with van der Waals surface area (Å²) in [4.78, 5) is 18.0. The number of aryl methyl sites for hydroxylation is 2. The Morgan fingerprint density at radius 1 is 0.488 bits per heavy atom. The van der Waals surface area contributed by atoms with Crippen LogP contribution in [0.15, 0.2) is 131 Å². The summed E-state index contributed by atoms with van der Waals surface area (Å²) in [5.41, 5.74) is 7.47. The normalized spacial score (nSPS) is 11.5. The smallest absolute Gasteiger partial charge is 0.0709 e. The van der Waals surface area contributed by atoms with Crippen LogP contribution in [0.3, 0.4) is 0 Å². The quantitative estimate of drug-likeness (QED) is 0.0861. The first-order chi connectivity index (χ1) is 19.4. The molecule has 0 aliphatic heterocycles. The van der Waals surface area contributed by atoms with Gasteiger partial charge >= 0.3 is 0 Å². The Bertz CT molecular complexity index is 1700. The second-order valence-corrected chi connectivity index (χ2v) is 10.1. The van der Waals surface area contributed by atoms with Gasteiger partial charge in [0.15, 0.2) is 0 Å². The van der Waals surface area contributed by atoms with E-state index in [1.54, 1.807) is 0 Å². The van der Waals surface area contributed by atoms with Crippen molar-refractivity contribution in [2.75, 3.05) is 0 Å². The maximum atomic E-state index is 5.37. The Morgan fingerprint density at radius 3 is 1.24 bits per heavy atom. The van der Waals surface area contributed by atoms with E-state index in [2.05, 4.69) is 20.0 Å². The molecule has 6 aromatic rings. The van der Waals surface area contributed by atoms with Gasteiger partial charge in [0.1, 0.15) is 0 Å². The van der Waals surface area contributed by atoms with Gasteiger partial charge in [0, 0.05) is 30.3 Å². The molecule has 0 fully saturated rings. The summed E-state index contributed by atoms with van der Waals surface area (Å²) in [6.45, 7) is 4.10. The minimum atomic E-state index is 0. The third-order valence-electron chi connectivity index (χ3n) is 6.16. The minimum Gasteiger partial charge on any atom is -0.758 e. The molecule has 0 radical (unpaired) electrons. The van der Waals surface area contributed by atoms with E-state index in [0.717, 1.165) is 44.6 Å². The molecule has 0 saturated carbocycles. The van der Waals surface area contributed by atoms with Crippen LogP contribution in [0.1, 0.15) is 22.5 Å². The van der Waals surface area contributed by atoms with Gasteiger partial charge in [0.05, 0.1) is 33.8 Å². The van der Waals surface area contributed by atoms with E-state index >= 15 is 0 Å². The topological polar surface area (TPSA) is 50.5 Å². The van der Waals surface area contributed by atoms with Gasteiger partial charge in [-0.15, -0.1) is 0 Å². The van der Waals surface area contributed by atoms with Crippen molar-refractivity contribution in [2.24, 2.45) is 9.98 Å². The SMILES string of the molecule is Cc1ccc(N=C([S-])c2ccc3ccccc3n2)cc1.Cc1ccc(N=C([S-])c2ccc3ccccc3n2)cc1.[Zn]. The van der Waals surface area contributed by atoms with Crippen molar-refractivity contribution in [1.82, 2.24) is 9.97 Å². The number of benzene rings is 4. The van der Waals surface area contributed by atoms with E-state index < -0.39 is 0 Å². The van der Waals surface area contributed by atoms with Crippen molar-refractivity contribution in [2.45, 2.75) is 13.8 Å². The van der Waals surface area contributed by atoms with E-state index in [-0.39, 0.29) is 19.5 Å². The van der Waals surface area contributed by atoms with Gasteiger partial charge in [-0.2, -0.15) is 0 Å². The molecule has 7 heteroatoms. The summed E-state index contributed by atoms with van der Waals surface area (Å²) < 4.78 is 0. The molecule has 2 heterocycles. The van der Waals surface area contributed by atoms with Gasteiger partial charge in [0.25, 0.3) is 0 Å². The van der Waals surface area contributed by atoms with Gasteiger partial charge in [0.2, 0.25) is 0 Å². The maximum Gasteiger partial charge on any atom is 0.0709 e. The molecule has 41 heavy (non-hydrogen) atoms. The second-order valence-electron chi connectivity index (χ2n) is 9.28. The van der Waals surface area contributed by atoms with E-state index in [4.69, 9.17) is 25.3 Å². The molecule has 0 aliphatic carbocycles. The van der Waals surface area contributed by atoms with Gasteiger partial charge in [-0.25, -0.2) is 9.97 Å². The number of fused-ring (bicyclic) bond motifs is 2. The summed E-state index contributed by atoms with van der Waals surface area (Å²) in [7, 11) is 0. The average molecular weight is 620 g/mol. The first-order valence-electron chi connectivity index (χ1n) is 12.8. The predicted molar refractivity (Wildman–Crippen MR) is 173 cm³/mol. The molecule has 0 spiro atoms. The number of para-hydroxylation sites is 2. The molecular weight excluding hydrogens is 594 g/mol. The number of aliphatic imine (C=N–C) groups is 2. The van der Waals surface area contributed by atoms with Crippen molar-refractivity contribution in [3.63, 3.8) is 0 Å². The van der Waals surface area contributed by atoms with Gasteiger partial charge in [-0.05, 0) is 62.4 Å². The van der Waals surface area contributed by atoms with Crippen molar-refractivity contribution in [3.8, 4) is 0 Å². The standard InChI is InChI=1S/2C17H14N2S.Zn/c2*1-12-6-9-14(10-7-12)18-17(20)16-11-8-13-4-2-3-5-15(13)19-16;/h2*2-11H,1H3,(H,18,20);/p-2. The van der Waals surface area contributed by atoms with Crippen LogP contribution in [0.25, 0.3) is 21.8 Å².